The fraction of sp³-hybridized carbons (Fsp3) is 0.320. The van der Waals surface area contributed by atoms with E-state index < -0.39 is 21.7 Å². The van der Waals surface area contributed by atoms with Crippen LogP contribution in [0.5, 0.6) is 11.5 Å². The number of ether oxygens (including phenoxy) is 2. The van der Waals surface area contributed by atoms with Crippen LogP contribution in [-0.4, -0.2) is 48.3 Å². The van der Waals surface area contributed by atoms with Gasteiger partial charge in [0.15, 0.2) is 10.8 Å². The molecule has 0 aliphatic carbocycles. The summed E-state index contributed by atoms with van der Waals surface area (Å²) in [7, 11) is -0.956. The Labute approximate surface area is 204 Å². The Kier molecular flexibility index (Phi) is 7.04. The highest BCUT2D eigenvalue weighted by molar-refractivity contribution is 7.89. The molecule has 35 heavy (non-hydrogen) atoms. The summed E-state index contributed by atoms with van der Waals surface area (Å²) in [6.45, 7) is 1.85. The Morgan fingerprint density at radius 3 is 1.97 bits per heavy atom. The molecule has 1 aliphatic rings. The van der Waals surface area contributed by atoms with Crippen LogP contribution in [0, 0.1) is 5.92 Å². The summed E-state index contributed by atoms with van der Waals surface area (Å²) in [6, 6.07) is 15.5. The molecule has 1 aromatic heterocycles. The first-order chi connectivity index (χ1) is 16.7. The van der Waals surface area contributed by atoms with Crippen molar-refractivity contribution in [3.8, 4) is 11.5 Å². The van der Waals surface area contributed by atoms with Crippen molar-refractivity contribution < 1.29 is 27.5 Å². The third-order valence-electron chi connectivity index (χ3n) is 6.09. The van der Waals surface area contributed by atoms with Gasteiger partial charge in [-0.05, 0) is 48.7 Å². The standard InChI is InChI=1S/C25H27N3O6S/c1-17(29)22-12-13-28-23(25(22)30)14-24(26-28)35(31,32)27(15-18-4-8-20(33-2)9-5-18)16-19-6-10-21(34-3)11-7-19/h4-11,14,22H,12-13,15-16H2,1-3H3. The maximum Gasteiger partial charge on any atom is 0.263 e. The summed E-state index contributed by atoms with van der Waals surface area (Å²) in [4.78, 5) is 24.6. The maximum atomic E-state index is 13.7. The lowest BCUT2D eigenvalue weighted by molar-refractivity contribution is -0.119. The van der Waals surface area contributed by atoms with Gasteiger partial charge in [0.05, 0.1) is 20.1 Å². The lowest BCUT2D eigenvalue weighted by atomic mass is 9.91. The van der Waals surface area contributed by atoms with Gasteiger partial charge in [-0.1, -0.05) is 24.3 Å². The number of nitrogens with zero attached hydrogens (tertiary/aromatic N) is 3. The van der Waals surface area contributed by atoms with E-state index in [9.17, 15) is 18.0 Å². The smallest absolute Gasteiger partial charge is 0.263 e. The van der Waals surface area contributed by atoms with Crippen LogP contribution in [0.4, 0.5) is 0 Å². The average Bonchev–Trinajstić information content (AvgIpc) is 3.31. The average molecular weight is 498 g/mol. The second kappa shape index (κ2) is 10.0. The van der Waals surface area contributed by atoms with E-state index in [1.54, 1.807) is 62.8 Å². The number of hydrogen-bond donors (Lipinski definition) is 0. The number of sulfonamides is 1. The number of aromatic nitrogens is 2. The number of hydrogen-bond acceptors (Lipinski definition) is 7. The third-order valence-corrected chi connectivity index (χ3v) is 7.75. The summed E-state index contributed by atoms with van der Waals surface area (Å²) >= 11 is 0. The zero-order valence-corrected chi connectivity index (χ0v) is 20.6. The van der Waals surface area contributed by atoms with E-state index in [2.05, 4.69) is 5.10 Å². The minimum absolute atomic E-state index is 0.0879. The van der Waals surface area contributed by atoms with Crippen molar-refractivity contribution >= 4 is 21.6 Å². The number of rotatable bonds is 9. The van der Waals surface area contributed by atoms with Crippen LogP contribution in [0.3, 0.4) is 0 Å². The lowest BCUT2D eigenvalue weighted by Crippen LogP contribution is -2.31. The van der Waals surface area contributed by atoms with Crippen LogP contribution >= 0.6 is 0 Å². The fourth-order valence-electron chi connectivity index (χ4n) is 4.06. The molecule has 184 valence electrons. The Balaban J connectivity index is 1.69. The zero-order chi connectivity index (χ0) is 25.2. The monoisotopic (exact) mass is 497 g/mol. The number of Topliss-reactive ketones (excluding diaryl/α,β-unsaturated/α-hetero) is 2. The zero-order valence-electron chi connectivity index (χ0n) is 19.8. The topological polar surface area (TPSA) is 108 Å². The van der Waals surface area contributed by atoms with E-state index >= 15 is 0 Å². The van der Waals surface area contributed by atoms with Crippen LogP contribution < -0.4 is 9.47 Å². The number of ketones is 2. The van der Waals surface area contributed by atoms with E-state index in [0.29, 0.717) is 24.5 Å². The molecule has 4 rings (SSSR count). The largest absolute Gasteiger partial charge is 0.497 e. The van der Waals surface area contributed by atoms with Crippen LogP contribution in [0.25, 0.3) is 0 Å². The number of carbonyl (C=O) groups excluding carboxylic acids is 2. The molecule has 1 unspecified atom stereocenters. The molecule has 1 aliphatic heterocycles. The van der Waals surface area contributed by atoms with Gasteiger partial charge in [-0.2, -0.15) is 9.40 Å². The van der Waals surface area contributed by atoms with Crippen molar-refractivity contribution in [1.29, 1.82) is 0 Å². The van der Waals surface area contributed by atoms with E-state index in [0.717, 1.165) is 11.1 Å². The highest BCUT2D eigenvalue weighted by atomic mass is 32.2. The molecule has 2 heterocycles. The summed E-state index contributed by atoms with van der Waals surface area (Å²) < 4.78 is 40.6. The fourth-order valence-corrected chi connectivity index (χ4v) is 5.43. The minimum atomic E-state index is -4.08. The quantitative estimate of drug-likeness (QED) is 0.418. The molecule has 0 amide bonds. The van der Waals surface area contributed by atoms with Crippen LogP contribution in [0.15, 0.2) is 59.6 Å². The summed E-state index contributed by atoms with van der Waals surface area (Å²) in [6.07, 6.45) is 0.309. The van der Waals surface area contributed by atoms with Crippen LogP contribution in [0.1, 0.15) is 35.0 Å². The molecule has 0 saturated heterocycles. The predicted octanol–water partition coefficient (Wildman–Crippen LogP) is 3.08. The minimum Gasteiger partial charge on any atom is -0.497 e. The van der Waals surface area contributed by atoms with Crippen molar-refractivity contribution in [3.05, 3.63) is 71.4 Å². The Morgan fingerprint density at radius 1 is 1.00 bits per heavy atom. The van der Waals surface area contributed by atoms with Crippen LogP contribution in [-0.2, 0) is 34.5 Å². The molecule has 0 N–H and O–H groups in total. The first-order valence-electron chi connectivity index (χ1n) is 11.1. The van der Waals surface area contributed by atoms with E-state index in [1.807, 2.05) is 0 Å². The number of benzene rings is 2. The molecule has 0 fully saturated rings. The molecular weight excluding hydrogens is 470 g/mol. The number of carbonyl (C=O) groups is 2. The summed E-state index contributed by atoms with van der Waals surface area (Å²) in [5.41, 5.74) is 1.67. The van der Waals surface area contributed by atoms with Gasteiger partial charge in [-0.15, -0.1) is 0 Å². The predicted molar refractivity (Wildman–Crippen MR) is 128 cm³/mol. The Morgan fingerprint density at radius 2 is 1.51 bits per heavy atom. The molecule has 0 bridgehead atoms. The first kappa shape index (κ1) is 24.6. The number of aryl methyl sites for hydroxylation is 1. The second-order valence-corrected chi connectivity index (χ2v) is 10.3. The molecule has 2 aromatic carbocycles. The summed E-state index contributed by atoms with van der Waals surface area (Å²) in [5, 5.41) is 4.02. The van der Waals surface area contributed by atoms with Gasteiger partial charge in [0.2, 0.25) is 0 Å². The molecule has 9 nitrogen and oxygen atoms in total. The van der Waals surface area contributed by atoms with Gasteiger partial charge in [0, 0.05) is 25.7 Å². The maximum absolute atomic E-state index is 13.7. The van der Waals surface area contributed by atoms with Gasteiger partial charge >= 0.3 is 0 Å². The molecule has 0 spiro atoms. The highest BCUT2D eigenvalue weighted by Crippen LogP contribution is 2.27. The normalized spacial score (nSPS) is 15.7. The van der Waals surface area contributed by atoms with Crippen molar-refractivity contribution in [2.24, 2.45) is 5.92 Å². The van der Waals surface area contributed by atoms with Crippen molar-refractivity contribution in [1.82, 2.24) is 14.1 Å². The molecule has 10 heteroatoms. The third kappa shape index (κ3) is 5.13. The van der Waals surface area contributed by atoms with E-state index in [4.69, 9.17) is 9.47 Å². The molecular formula is C25H27N3O6S. The van der Waals surface area contributed by atoms with Crippen LogP contribution in [0.2, 0.25) is 0 Å². The summed E-state index contributed by atoms with van der Waals surface area (Å²) in [5.74, 6) is -0.0521. The van der Waals surface area contributed by atoms with Gasteiger partial charge in [0.1, 0.15) is 23.0 Å². The van der Waals surface area contributed by atoms with Gasteiger partial charge in [-0.25, -0.2) is 8.42 Å². The molecule has 0 radical (unpaired) electrons. The Hall–Kier alpha value is -3.50. The highest BCUT2D eigenvalue weighted by Gasteiger charge is 2.35. The van der Waals surface area contributed by atoms with Crippen molar-refractivity contribution in [2.45, 2.75) is 38.0 Å². The number of fused-ring (bicyclic) bond motifs is 1. The number of methoxy groups -OCH3 is 2. The van der Waals surface area contributed by atoms with E-state index in [1.165, 1.54) is 22.0 Å². The molecule has 1 atom stereocenters. The van der Waals surface area contributed by atoms with Crippen molar-refractivity contribution in [3.63, 3.8) is 0 Å². The van der Waals surface area contributed by atoms with Gasteiger partial charge in [0.25, 0.3) is 10.0 Å². The van der Waals surface area contributed by atoms with E-state index in [-0.39, 0.29) is 29.6 Å². The van der Waals surface area contributed by atoms with Crippen molar-refractivity contribution in [2.75, 3.05) is 14.2 Å². The molecule has 3 aromatic rings. The Bertz CT molecular complexity index is 1280. The SMILES string of the molecule is COc1ccc(CN(Cc2ccc(OC)cc2)S(=O)(=O)c2cc3n(n2)CCC(C(C)=O)C3=O)cc1. The molecule has 0 saturated carbocycles. The first-order valence-corrected chi connectivity index (χ1v) is 12.6. The van der Waals surface area contributed by atoms with Gasteiger partial charge < -0.3 is 9.47 Å². The van der Waals surface area contributed by atoms with Gasteiger partial charge in [-0.3, -0.25) is 14.3 Å². The lowest BCUT2D eigenvalue weighted by Gasteiger charge is -2.21. The second-order valence-electron chi connectivity index (χ2n) is 8.38.